The van der Waals surface area contributed by atoms with E-state index in [9.17, 15) is 25.2 Å². The molecular formula is C24H16ClN3O4S. The average Bonchev–Trinajstić information content (AvgIpc) is 3.41. The van der Waals surface area contributed by atoms with Crippen LogP contribution < -0.4 is 5.32 Å². The van der Waals surface area contributed by atoms with E-state index in [-0.39, 0.29) is 21.9 Å². The van der Waals surface area contributed by atoms with Crippen LogP contribution in [0.15, 0.2) is 40.3 Å². The first kappa shape index (κ1) is 22.3. The van der Waals surface area contributed by atoms with Crippen LogP contribution in [-0.2, 0) is 17.6 Å². The second-order valence-corrected chi connectivity index (χ2v) is 8.86. The van der Waals surface area contributed by atoms with Gasteiger partial charge in [0.15, 0.2) is 0 Å². The molecule has 0 aliphatic heterocycles. The highest BCUT2D eigenvalue weighted by atomic mass is 35.5. The van der Waals surface area contributed by atoms with Crippen molar-refractivity contribution in [3.8, 4) is 23.5 Å². The molecule has 0 fully saturated rings. The van der Waals surface area contributed by atoms with Crippen LogP contribution in [0, 0.1) is 22.7 Å². The molecule has 164 valence electrons. The van der Waals surface area contributed by atoms with Gasteiger partial charge in [-0.2, -0.15) is 10.5 Å². The van der Waals surface area contributed by atoms with Crippen molar-refractivity contribution in [1.29, 1.82) is 10.5 Å². The molecule has 0 atom stereocenters. The molecule has 0 radical (unpaired) electrons. The number of carboxylic acid groups (broad SMARTS) is 1. The highest BCUT2D eigenvalue weighted by Gasteiger charge is 2.23. The third kappa shape index (κ3) is 4.54. The quantitative estimate of drug-likeness (QED) is 0.360. The number of nitrogens with zero attached hydrogens (tertiary/aromatic N) is 2. The lowest BCUT2D eigenvalue weighted by molar-refractivity contribution is -0.112. The summed E-state index contributed by atoms with van der Waals surface area (Å²) in [4.78, 5) is 25.1. The van der Waals surface area contributed by atoms with E-state index in [0.29, 0.717) is 21.9 Å². The number of hydrogen-bond acceptors (Lipinski definition) is 6. The Balaban J connectivity index is 1.58. The predicted molar refractivity (Wildman–Crippen MR) is 124 cm³/mol. The van der Waals surface area contributed by atoms with E-state index in [0.717, 1.165) is 36.1 Å². The first-order valence-corrected chi connectivity index (χ1v) is 11.2. The van der Waals surface area contributed by atoms with Gasteiger partial charge in [0, 0.05) is 16.5 Å². The van der Waals surface area contributed by atoms with E-state index in [2.05, 4.69) is 11.4 Å². The molecule has 2 N–H and O–H groups in total. The SMILES string of the molecule is N#C/C(=C\c1ccc(-c2ccc(Cl)c(C(=O)O)c2)o1)C(=O)Nc1sc2c(c1C#N)CCCC2. The summed E-state index contributed by atoms with van der Waals surface area (Å²) in [5.41, 5.74) is 1.70. The second-order valence-electron chi connectivity index (χ2n) is 7.35. The van der Waals surface area contributed by atoms with Crippen molar-refractivity contribution in [2.75, 3.05) is 5.32 Å². The molecule has 0 saturated heterocycles. The number of carboxylic acids is 1. The molecule has 0 bridgehead atoms. The molecular weight excluding hydrogens is 462 g/mol. The number of nitriles is 2. The molecule has 9 heteroatoms. The maximum atomic E-state index is 12.7. The van der Waals surface area contributed by atoms with Gasteiger partial charge in [0.25, 0.3) is 5.91 Å². The van der Waals surface area contributed by atoms with E-state index in [1.165, 1.54) is 29.5 Å². The van der Waals surface area contributed by atoms with Gasteiger partial charge in [-0.05, 0) is 61.6 Å². The number of furan rings is 1. The van der Waals surface area contributed by atoms with Crippen molar-refractivity contribution >= 4 is 45.9 Å². The van der Waals surface area contributed by atoms with E-state index >= 15 is 0 Å². The maximum absolute atomic E-state index is 12.7. The average molecular weight is 478 g/mol. The van der Waals surface area contributed by atoms with Gasteiger partial charge in [-0.3, -0.25) is 4.79 Å². The van der Waals surface area contributed by atoms with E-state index in [1.807, 2.05) is 6.07 Å². The molecule has 3 aromatic rings. The molecule has 0 spiro atoms. The molecule has 0 saturated carbocycles. The summed E-state index contributed by atoms with van der Waals surface area (Å²) in [6.07, 6.45) is 5.06. The Labute approximate surface area is 198 Å². The highest BCUT2D eigenvalue weighted by molar-refractivity contribution is 7.16. The summed E-state index contributed by atoms with van der Waals surface area (Å²) in [5, 5.41) is 31.6. The van der Waals surface area contributed by atoms with Gasteiger partial charge in [-0.25, -0.2) is 4.79 Å². The molecule has 4 rings (SSSR count). The van der Waals surface area contributed by atoms with Crippen LogP contribution in [-0.4, -0.2) is 17.0 Å². The molecule has 7 nitrogen and oxygen atoms in total. The zero-order chi connectivity index (χ0) is 23.5. The second kappa shape index (κ2) is 9.33. The Hall–Kier alpha value is -3.85. The van der Waals surface area contributed by atoms with Crippen molar-refractivity contribution < 1.29 is 19.1 Å². The number of thiophene rings is 1. The smallest absolute Gasteiger partial charge is 0.337 e. The molecule has 2 aromatic heterocycles. The van der Waals surface area contributed by atoms with Crippen LogP contribution in [0.2, 0.25) is 5.02 Å². The number of rotatable bonds is 5. The normalized spacial score (nSPS) is 13.0. The van der Waals surface area contributed by atoms with Crippen LogP contribution in [0.5, 0.6) is 0 Å². The van der Waals surface area contributed by atoms with Crippen LogP contribution >= 0.6 is 22.9 Å². The topological polar surface area (TPSA) is 127 Å². The summed E-state index contributed by atoms with van der Waals surface area (Å²) in [6.45, 7) is 0. The largest absolute Gasteiger partial charge is 0.478 e. The minimum Gasteiger partial charge on any atom is -0.478 e. The van der Waals surface area contributed by atoms with Crippen molar-refractivity contribution in [2.45, 2.75) is 25.7 Å². The van der Waals surface area contributed by atoms with Crippen LogP contribution in [0.3, 0.4) is 0 Å². The number of hydrogen-bond donors (Lipinski definition) is 2. The summed E-state index contributed by atoms with van der Waals surface area (Å²) in [5.74, 6) is -1.19. The number of aryl methyl sites for hydroxylation is 1. The van der Waals surface area contributed by atoms with Crippen LogP contribution in [0.1, 0.15) is 45.0 Å². The first-order valence-electron chi connectivity index (χ1n) is 10.0. The van der Waals surface area contributed by atoms with E-state index < -0.39 is 11.9 Å². The van der Waals surface area contributed by atoms with Gasteiger partial charge in [-0.15, -0.1) is 11.3 Å². The zero-order valence-electron chi connectivity index (χ0n) is 17.1. The Morgan fingerprint density at radius 1 is 1.18 bits per heavy atom. The standard InChI is InChI=1S/C24H16ClN3O4S/c25-19-7-5-13(10-17(19)24(30)31)20-8-6-15(32-20)9-14(11-26)22(29)28-23-18(12-27)16-3-1-2-4-21(16)33-23/h5-10H,1-4H2,(H,28,29)(H,30,31)/b14-9+. The number of halogens is 1. The summed E-state index contributed by atoms with van der Waals surface area (Å²) in [7, 11) is 0. The monoisotopic (exact) mass is 477 g/mol. The summed E-state index contributed by atoms with van der Waals surface area (Å²) >= 11 is 7.29. The van der Waals surface area contributed by atoms with Gasteiger partial charge in [-0.1, -0.05) is 11.6 Å². The molecule has 1 aliphatic rings. The Morgan fingerprint density at radius 2 is 1.97 bits per heavy atom. The Bertz CT molecular complexity index is 1390. The van der Waals surface area contributed by atoms with Gasteiger partial charge >= 0.3 is 5.97 Å². The maximum Gasteiger partial charge on any atom is 0.337 e. The zero-order valence-corrected chi connectivity index (χ0v) is 18.7. The van der Waals surface area contributed by atoms with Crippen molar-refractivity contribution in [2.24, 2.45) is 0 Å². The molecule has 0 unspecified atom stereocenters. The third-order valence-electron chi connectivity index (χ3n) is 5.27. The van der Waals surface area contributed by atoms with E-state index in [4.69, 9.17) is 16.0 Å². The lowest BCUT2D eigenvalue weighted by atomic mass is 9.96. The Morgan fingerprint density at radius 3 is 2.70 bits per heavy atom. The minimum atomic E-state index is -1.16. The number of fused-ring (bicyclic) bond motifs is 1. The third-order valence-corrected chi connectivity index (χ3v) is 6.81. The van der Waals surface area contributed by atoms with Crippen LogP contribution in [0.25, 0.3) is 17.4 Å². The van der Waals surface area contributed by atoms with Crippen molar-refractivity contribution in [3.63, 3.8) is 0 Å². The van der Waals surface area contributed by atoms with Gasteiger partial charge < -0.3 is 14.8 Å². The fourth-order valence-corrected chi connectivity index (χ4v) is 5.09. The molecule has 2 heterocycles. The lowest BCUT2D eigenvalue weighted by Gasteiger charge is -2.09. The van der Waals surface area contributed by atoms with Gasteiger partial charge in [0.05, 0.1) is 16.1 Å². The summed E-state index contributed by atoms with van der Waals surface area (Å²) < 4.78 is 5.69. The van der Waals surface area contributed by atoms with Crippen molar-refractivity contribution in [3.05, 3.63) is 68.3 Å². The molecule has 33 heavy (non-hydrogen) atoms. The number of amides is 1. The minimum absolute atomic E-state index is 0.0632. The lowest BCUT2D eigenvalue weighted by Crippen LogP contribution is -2.13. The number of nitrogens with one attached hydrogen (secondary N) is 1. The fourth-order valence-electron chi connectivity index (χ4n) is 3.66. The Kier molecular flexibility index (Phi) is 6.32. The van der Waals surface area contributed by atoms with Gasteiger partial charge in [0.1, 0.15) is 34.2 Å². The number of anilines is 1. The number of benzene rings is 1. The van der Waals surface area contributed by atoms with E-state index in [1.54, 1.807) is 18.2 Å². The molecule has 1 amide bonds. The van der Waals surface area contributed by atoms with Gasteiger partial charge in [0.2, 0.25) is 0 Å². The number of carbonyl (C=O) groups excluding carboxylic acids is 1. The van der Waals surface area contributed by atoms with Crippen molar-refractivity contribution in [1.82, 2.24) is 0 Å². The first-order chi connectivity index (χ1) is 15.9. The van der Waals surface area contributed by atoms with Crippen LogP contribution in [0.4, 0.5) is 5.00 Å². The summed E-state index contributed by atoms with van der Waals surface area (Å²) in [6, 6.07) is 11.7. The predicted octanol–water partition coefficient (Wildman–Crippen LogP) is 5.66. The highest BCUT2D eigenvalue weighted by Crippen LogP contribution is 2.38. The molecule has 1 aliphatic carbocycles. The number of carbonyl (C=O) groups is 2. The molecule has 1 aromatic carbocycles. The number of aromatic carboxylic acids is 1. The fraction of sp³-hybridized carbons (Fsp3) is 0.167.